The fourth-order valence-electron chi connectivity index (χ4n) is 4.34. The summed E-state index contributed by atoms with van der Waals surface area (Å²) in [4.78, 5) is 10.7. The van der Waals surface area contributed by atoms with Crippen molar-refractivity contribution in [2.24, 2.45) is 4.99 Å². The topological polar surface area (TPSA) is 64.7 Å². The van der Waals surface area contributed by atoms with Gasteiger partial charge in [0.05, 0.1) is 19.8 Å². The molecule has 3 N–H and O–H groups in total. The zero-order valence-electron chi connectivity index (χ0n) is 19.3. The van der Waals surface area contributed by atoms with Gasteiger partial charge in [-0.2, -0.15) is 0 Å². The van der Waals surface area contributed by atoms with Crippen molar-refractivity contribution < 1.29 is 4.74 Å². The van der Waals surface area contributed by atoms with E-state index in [1.54, 1.807) is 0 Å². The second kappa shape index (κ2) is 11.2. The van der Waals surface area contributed by atoms with Crippen LogP contribution in [0.2, 0.25) is 0 Å². The third-order valence-electron chi connectivity index (χ3n) is 6.05. The standard InChI is InChI=1S/C26H35N5O/c1-3-27-26(28-12-11-22-18-29-24-10-6-7-20(2)25(22)24)30-17-21-8-4-5-9-23(21)19-31-13-15-32-16-14-31/h4-10,18,29H,3,11-17,19H2,1-2H3,(H2,27,28,30). The van der Waals surface area contributed by atoms with E-state index in [2.05, 4.69) is 83.0 Å². The minimum atomic E-state index is 0.669. The molecule has 0 unspecified atom stereocenters. The lowest BCUT2D eigenvalue weighted by Crippen LogP contribution is -2.38. The Labute approximate surface area is 191 Å². The predicted molar refractivity (Wildman–Crippen MR) is 132 cm³/mol. The molecule has 0 spiro atoms. The van der Waals surface area contributed by atoms with Gasteiger partial charge in [-0.05, 0) is 48.6 Å². The van der Waals surface area contributed by atoms with Gasteiger partial charge in [-0.3, -0.25) is 4.90 Å². The SMILES string of the molecule is CCNC(=NCc1ccccc1CN1CCOCC1)NCCc1c[nH]c2cccc(C)c12. The van der Waals surface area contributed by atoms with E-state index in [9.17, 15) is 0 Å². The van der Waals surface area contributed by atoms with Crippen LogP contribution in [0, 0.1) is 6.92 Å². The Morgan fingerprint density at radius 2 is 1.84 bits per heavy atom. The third kappa shape index (κ3) is 5.69. The summed E-state index contributed by atoms with van der Waals surface area (Å²) in [6, 6.07) is 15.1. The number of aromatic amines is 1. The first-order valence-electron chi connectivity index (χ1n) is 11.7. The number of hydrogen-bond acceptors (Lipinski definition) is 3. The Morgan fingerprint density at radius 1 is 1.03 bits per heavy atom. The van der Waals surface area contributed by atoms with Gasteiger partial charge in [0.1, 0.15) is 0 Å². The zero-order valence-corrected chi connectivity index (χ0v) is 19.3. The molecule has 0 saturated carbocycles. The summed E-state index contributed by atoms with van der Waals surface area (Å²) < 4.78 is 5.49. The number of H-pyrrole nitrogens is 1. The van der Waals surface area contributed by atoms with E-state index in [0.29, 0.717) is 6.54 Å². The lowest BCUT2D eigenvalue weighted by molar-refractivity contribution is 0.0341. The quantitative estimate of drug-likeness (QED) is 0.375. The van der Waals surface area contributed by atoms with Crippen molar-refractivity contribution in [3.05, 3.63) is 70.9 Å². The molecule has 3 aromatic rings. The van der Waals surface area contributed by atoms with Crippen LogP contribution in [0.15, 0.2) is 53.7 Å². The molecule has 170 valence electrons. The Kier molecular flexibility index (Phi) is 7.80. The molecule has 0 bridgehead atoms. The Hall–Kier alpha value is -2.83. The smallest absolute Gasteiger partial charge is 0.191 e. The van der Waals surface area contributed by atoms with Crippen LogP contribution in [0.3, 0.4) is 0 Å². The number of guanidine groups is 1. The Bertz CT molecular complexity index is 1040. The molecule has 1 fully saturated rings. The molecule has 1 aliphatic heterocycles. The van der Waals surface area contributed by atoms with Gasteiger partial charge in [-0.1, -0.05) is 36.4 Å². The van der Waals surface area contributed by atoms with Gasteiger partial charge < -0.3 is 20.4 Å². The highest BCUT2D eigenvalue weighted by Gasteiger charge is 2.13. The molecule has 4 rings (SSSR count). The van der Waals surface area contributed by atoms with Gasteiger partial charge in [0.2, 0.25) is 0 Å². The first-order chi connectivity index (χ1) is 15.7. The lowest BCUT2D eigenvalue weighted by atomic mass is 10.1. The summed E-state index contributed by atoms with van der Waals surface area (Å²) in [6.07, 6.45) is 3.08. The molecule has 1 saturated heterocycles. The molecule has 0 atom stereocenters. The highest BCUT2D eigenvalue weighted by molar-refractivity contribution is 5.86. The van der Waals surface area contributed by atoms with Crippen molar-refractivity contribution in [3.8, 4) is 0 Å². The van der Waals surface area contributed by atoms with Crippen LogP contribution >= 0.6 is 0 Å². The fourth-order valence-corrected chi connectivity index (χ4v) is 4.34. The molecule has 0 radical (unpaired) electrons. The summed E-state index contributed by atoms with van der Waals surface area (Å²) in [5, 5.41) is 8.24. The maximum atomic E-state index is 5.49. The zero-order chi connectivity index (χ0) is 22.2. The van der Waals surface area contributed by atoms with Crippen molar-refractivity contribution in [1.82, 2.24) is 20.5 Å². The second-order valence-electron chi connectivity index (χ2n) is 8.34. The number of aromatic nitrogens is 1. The van der Waals surface area contributed by atoms with Crippen molar-refractivity contribution >= 4 is 16.9 Å². The highest BCUT2D eigenvalue weighted by Crippen LogP contribution is 2.22. The number of hydrogen-bond donors (Lipinski definition) is 3. The minimum Gasteiger partial charge on any atom is -0.379 e. The van der Waals surface area contributed by atoms with Crippen LogP contribution < -0.4 is 10.6 Å². The van der Waals surface area contributed by atoms with Gasteiger partial charge in [0.25, 0.3) is 0 Å². The molecule has 2 aromatic carbocycles. The number of nitrogens with zero attached hydrogens (tertiary/aromatic N) is 2. The molecule has 32 heavy (non-hydrogen) atoms. The normalized spacial score (nSPS) is 15.2. The van der Waals surface area contributed by atoms with Gasteiger partial charge in [0.15, 0.2) is 5.96 Å². The molecule has 6 heteroatoms. The Balaban J connectivity index is 1.38. The van der Waals surface area contributed by atoms with Gasteiger partial charge in [-0.15, -0.1) is 0 Å². The van der Waals surface area contributed by atoms with E-state index in [0.717, 1.165) is 58.3 Å². The number of morpholine rings is 1. The Morgan fingerprint density at radius 3 is 2.66 bits per heavy atom. The van der Waals surface area contributed by atoms with E-state index in [4.69, 9.17) is 9.73 Å². The first kappa shape index (κ1) is 22.4. The van der Waals surface area contributed by atoms with Crippen LogP contribution in [0.5, 0.6) is 0 Å². The monoisotopic (exact) mass is 433 g/mol. The van der Waals surface area contributed by atoms with Crippen LogP contribution in [0.1, 0.15) is 29.2 Å². The van der Waals surface area contributed by atoms with Gasteiger partial charge >= 0.3 is 0 Å². The highest BCUT2D eigenvalue weighted by atomic mass is 16.5. The number of aryl methyl sites for hydroxylation is 1. The second-order valence-corrected chi connectivity index (χ2v) is 8.34. The number of ether oxygens (including phenoxy) is 1. The van der Waals surface area contributed by atoms with Crippen LogP contribution in [-0.4, -0.2) is 55.2 Å². The van der Waals surface area contributed by atoms with Crippen molar-refractivity contribution in [3.63, 3.8) is 0 Å². The third-order valence-corrected chi connectivity index (χ3v) is 6.05. The molecular weight excluding hydrogens is 398 g/mol. The fraction of sp³-hybridized carbons (Fsp3) is 0.423. The molecule has 0 amide bonds. The minimum absolute atomic E-state index is 0.669. The van der Waals surface area contributed by atoms with Crippen molar-refractivity contribution in [1.29, 1.82) is 0 Å². The summed E-state index contributed by atoms with van der Waals surface area (Å²) in [5.41, 5.74) is 6.50. The predicted octanol–water partition coefficient (Wildman–Crippen LogP) is 3.61. The number of fused-ring (bicyclic) bond motifs is 1. The van der Waals surface area contributed by atoms with E-state index in [-0.39, 0.29) is 0 Å². The molecular formula is C26H35N5O. The van der Waals surface area contributed by atoms with Crippen molar-refractivity contribution in [2.45, 2.75) is 33.4 Å². The summed E-state index contributed by atoms with van der Waals surface area (Å²) in [7, 11) is 0. The van der Waals surface area contributed by atoms with Crippen LogP contribution in [0.25, 0.3) is 10.9 Å². The molecule has 6 nitrogen and oxygen atoms in total. The average Bonchev–Trinajstić information content (AvgIpc) is 3.23. The number of rotatable bonds is 8. The lowest BCUT2D eigenvalue weighted by Gasteiger charge is -2.27. The van der Waals surface area contributed by atoms with Crippen LogP contribution in [-0.2, 0) is 24.2 Å². The molecule has 1 aromatic heterocycles. The summed E-state index contributed by atoms with van der Waals surface area (Å²) in [6.45, 7) is 11.2. The first-order valence-corrected chi connectivity index (χ1v) is 11.7. The molecule has 1 aliphatic rings. The largest absolute Gasteiger partial charge is 0.379 e. The van der Waals surface area contributed by atoms with E-state index in [1.165, 1.54) is 33.2 Å². The maximum Gasteiger partial charge on any atom is 0.191 e. The number of nitrogens with one attached hydrogen (secondary N) is 3. The van der Waals surface area contributed by atoms with Gasteiger partial charge in [-0.25, -0.2) is 4.99 Å². The number of benzene rings is 2. The number of aliphatic imine (C=N–C) groups is 1. The average molecular weight is 434 g/mol. The van der Waals surface area contributed by atoms with E-state index in [1.807, 2.05) is 0 Å². The summed E-state index contributed by atoms with van der Waals surface area (Å²) in [5.74, 6) is 0.866. The molecule has 2 heterocycles. The maximum absolute atomic E-state index is 5.49. The summed E-state index contributed by atoms with van der Waals surface area (Å²) >= 11 is 0. The molecule has 0 aliphatic carbocycles. The van der Waals surface area contributed by atoms with E-state index < -0.39 is 0 Å². The van der Waals surface area contributed by atoms with Crippen LogP contribution in [0.4, 0.5) is 0 Å². The van der Waals surface area contributed by atoms with E-state index >= 15 is 0 Å². The van der Waals surface area contributed by atoms with Gasteiger partial charge in [0, 0.05) is 49.8 Å². The van der Waals surface area contributed by atoms with Crippen molar-refractivity contribution in [2.75, 3.05) is 39.4 Å².